The van der Waals surface area contributed by atoms with Crippen LogP contribution in [0.3, 0.4) is 0 Å². The van der Waals surface area contributed by atoms with Crippen molar-refractivity contribution in [1.29, 1.82) is 0 Å². The van der Waals surface area contributed by atoms with Gasteiger partial charge in [-0.05, 0) is 29.5 Å². The second-order valence-electron chi connectivity index (χ2n) is 6.18. The van der Waals surface area contributed by atoms with Gasteiger partial charge in [0.1, 0.15) is 0 Å². The van der Waals surface area contributed by atoms with Gasteiger partial charge in [-0.2, -0.15) is 5.10 Å². The highest BCUT2D eigenvalue weighted by molar-refractivity contribution is 8.02. The van der Waals surface area contributed by atoms with Crippen molar-refractivity contribution < 1.29 is 4.79 Å². The predicted octanol–water partition coefficient (Wildman–Crippen LogP) is 4.50. The molecule has 6 heteroatoms. The first-order valence-corrected chi connectivity index (χ1v) is 10.1. The van der Waals surface area contributed by atoms with E-state index in [0.717, 1.165) is 32.0 Å². The van der Waals surface area contributed by atoms with E-state index in [9.17, 15) is 4.79 Å². The van der Waals surface area contributed by atoms with Crippen LogP contribution >= 0.6 is 23.1 Å². The van der Waals surface area contributed by atoms with Crippen LogP contribution in [-0.4, -0.2) is 21.9 Å². The topological polar surface area (TPSA) is 68.9 Å². The van der Waals surface area contributed by atoms with E-state index in [1.807, 2.05) is 0 Å². The molecule has 1 aromatic carbocycles. The minimum Gasteiger partial charge on any atom is -0.364 e. The summed E-state index contributed by atoms with van der Waals surface area (Å²) >= 11 is 3.31. The SMILES string of the molecule is Cc1ccc(-c2cc3c(CC4=CSCC=C4)nnc(C(N)=O)c3s2)cc1. The van der Waals surface area contributed by atoms with E-state index in [2.05, 4.69) is 65.0 Å². The van der Waals surface area contributed by atoms with E-state index in [-0.39, 0.29) is 5.69 Å². The molecule has 4 nitrogen and oxygen atoms in total. The Hall–Kier alpha value is -2.44. The number of benzene rings is 1. The minimum absolute atomic E-state index is 0.245. The first-order chi connectivity index (χ1) is 12.6. The Morgan fingerprint density at radius 1 is 1.23 bits per heavy atom. The quantitative estimate of drug-likeness (QED) is 0.725. The van der Waals surface area contributed by atoms with Crippen LogP contribution in [-0.2, 0) is 6.42 Å². The second-order valence-corrected chi connectivity index (χ2v) is 8.14. The zero-order chi connectivity index (χ0) is 18.1. The first-order valence-electron chi connectivity index (χ1n) is 8.25. The highest BCUT2D eigenvalue weighted by atomic mass is 32.2. The highest BCUT2D eigenvalue weighted by Crippen LogP contribution is 2.36. The molecule has 0 aliphatic carbocycles. The number of hydrogen-bond donors (Lipinski definition) is 1. The molecule has 26 heavy (non-hydrogen) atoms. The highest BCUT2D eigenvalue weighted by Gasteiger charge is 2.18. The number of allylic oxidation sites excluding steroid dienone is 2. The normalized spacial score (nSPS) is 13.8. The number of amides is 1. The maximum Gasteiger partial charge on any atom is 0.270 e. The zero-order valence-corrected chi connectivity index (χ0v) is 15.9. The average Bonchev–Trinajstić information content (AvgIpc) is 3.09. The van der Waals surface area contributed by atoms with Crippen LogP contribution in [0.5, 0.6) is 0 Å². The third-order valence-corrected chi connectivity index (χ3v) is 6.27. The summed E-state index contributed by atoms with van der Waals surface area (Å²) in [7, 11) is 0. The number of nitrogens with zero attached hydrogens (tertiary/aromatic N) is 2. The Kier molecular flexibility index (Phi) is 4.61. The summed E-state index contributed by atoms with van der Waals surface area (Å²) in [6.07, 6.45) is 4.96. The maximum absolute atomic E-state index is 11.8. The predicted molar refractivity (Wildman–Crippen MR) is 109 cm³/mol. The number of aryl methyl sites for hydroxylation is 1. The molecular weight excluding hydrogens is 362 g/mol. The minimum atomic E-state index is -0.543. The third kappa shape index (κ3) is 3.30. The molecule has 0 radical (unpaired) electrons. The van der Waals surface area contributed by atoms with E-state index in [0.29, 0.717) is 6.42 Å². The fourth-order valence-electron chi connectivity index (χ4n) is 2.89. The lowest BCUT2D eigenvalue weighted by molar-refractivity contribution is 0.0996. The molecule has 0 saturated heterocycles. The van der Waals surface area contributed by atoms with Crippen molar-refractivity contribution in [2.24, 2.45) is 5.73 Å². The molecule has 0 atom stereocenters. The molecule has 3 heterocycles. The number of primary amides is 1. The van der Waals surface area contributed by atoms with Crippen LogP contribution in [0.2, 0.25) is 0 Å². The molecule has 1 aliphatic heterocycles. The van der Waals surface area contributed by atoms with Crippen LogP contribution in [0.25, 0.3) is 20.5 Å². The van der Waals surface area contributed by atoms with Gasteiger partial charge in [-0.25, -0.2) is 0 Å². The van der Waals surface area contributed by atoms with Gasteiger partial charge in [-0.3, -0.25) is 4.79 Å². The lowest BCUT2D eigenvalue weighted by Crippen LogP contribution is -2.14. The van der Waals surface area contributed by atoms with Crippen LogP contribution in [0.1, 0.15) is 21.7 Å². The molecule has 130 valence electrons. The molecule has 2 aromatic heterocycles. The van der Waals surface area contributed by atoms with Gasteiger partial charge < -0.3 is 5.73 Å². The number of thioether (sulfide) groups is 1. The van der Waals surface area contributed by atoms with Crippen LogP contribution in [0.4, 0.5) is 0 Å². The number of hydrogen-bond acceptors (Lipinski definition) is 5. The lowest BCUT2D eigenvalue weighted by Gasteiger charge is -2.07. The van der Waals surface area contributed by atoms with Crippen LogP contribution in [0, 0.1) is 6.92 Å². The smallest absolute Gasteiger partial charge is 0.270 e. The molecule has 1 amide bonds. The molecular formula is C20H17N3OS2. The summed E-state index contributed by atoms with van der Waals surface area (Å²) in [5.41, 5.74) is 10.2. The number of fused-ring (bicyclic) bond motifs is 1. The number of thiophene rings is 1. The Labute approximate surface area is 159 Å². The Balaban J connectivity index is 1.84. The standard InChI is InChI=1S/C20H17N3OS2/c1-12-4-6-14(7-5-12)17-10-15-16(9-13-3-2-8-25-11-13)22-23-18(20(21)24)19(15)26-17/h2-7,10-11H,8-9H2,1H3,(H2,21,24). The van der Waals surface area contributed by atoms with Crippen molar-refractivity contribution in [3.8, 4) is 10.4 Å². The molecule has 0 spiro atoms. The fraction of sp³-hybridized carbons (Fsp3) is 0.150. The number of aromatic nitrogens is 2. The van der Waals surface area contributed by atoms with Crippen LogP contribution < -0.4 is 5.73 Å². The van der Waals surface area contributed by atoms with Gasteiger partial charge in [-0.1, -0.05) is 42.0 Å². The Morgan fingerprint density at radius 3 is 2.73 bits per heavy atom. The molecule has 0 saturated carbocycles. The summed E-state index contributed by atoms with van der Waals surface area (Å²) in [6.45, 7) is 2.06. The van der Waals surface area contributed by atoms with Gasteiger partial charge >= 0.3 is 0 Å². The van der Waals surface area contributed by atoms with Gasteiger partial charge in [0.15, 0.2) is 5.69 Å². The van der Waals surface area contributed by atoms with Gasteiger partial charge in [0.05, 0.1) is 10.4 Å². The number of nitrogens with two attached hydrogens (primary N) is 1. The van der Waals surface area contributed by atoms with Gasteiger partial charge in [-0.15, -0.1) is 28.2 Å². The zero-order valence-electron chi connectivity index (χ0n) is 14.2. The monoisotopic (exact) mass is 379 g/mol. The number of rotatable bonds is 4. The summed E-state index contributed by atoms with van der Waals surface area (Å²) < 4.78 is 0.811. The summed E-state index contributed by atoms with van der Waals surface area (Å²) in [4.78, 5) is 12.9. The maximum atomic E-state index is 11.8. The van der Waals surface area contributed by atoms with Crippen molar-refractivity contribution >= 4 is 39.1 Å². The Bertz CT molecular complexity index is 1050. The number of carbonyl (C=O) groups is 1. The van der Waals surface area contributed by atoms with Crippen molar-refractivity contribution in [3.05, 3.63) is 70.4 Å². The van der Waals surface area contributed by atoms with Crippen LogP contribution in [0.15, 0.2) is 53.5 Å². The molecule has 1 aliphatic rings. The molecule has 4 rings (SSSR count). The molecule has 2 N–H and O–H groups in total. The lowest BCUT2D eigenvalue weighted by atomic mass is 10.1. The summed E-state index contributed by atoms with van der Waals surface area (Å²) in [5.74, 6) is 0.458. The van der Waals surface area contributed by atoms with Crippen molar-refractivity contribution in [1.82, 2.24) is 10.2 Å². The van der Waals surface area contributed by atoms with Crippen molar-refractivity contribution in [3.63, 3.8) is 0 Å². The molecule has 0 bridgehead atoms. The van der Waals surface area contributed by atoms with Gasteiger partial charge in [0, 0.05) is 22.4 Å². The van der Waals surface area contributed by atoms with E-state index in [4.69, 9.17) is 5.73 Å². The van der Waals surface area contributed by atoms with E-state index in [1.165, 1.54) is 11.1 Å². The van der Waals surface area contributed by atoms with E-state index in [1.54, 1.807) is 23.1 Å². The molecule has 0 fully saturated rings. The van der Waals surface area contributed by atoms with Crippen molar-refractivity contribution in [2.45, 2.75) is 13.3 Å². The second kappa shape index (κ2) is 7.05. The summed E-state index contributed by atoms with van der Waals surface area (Å²) in [5, 5.41) is 11.5. The largest absolute Gasteiger partial charge is 0.364 e. The van der Waals surface area contributed by atoms with E-state index < -0.39 is 5.91 Å². The fourth-order valence-corrected chi connectivity index (χ4v) is 4.74. The Morgan fingerprint density at radius 2 is 2.04 bits per heavy atom. The average molecular weight is 380 g/mol. The third-order valence-electron chi connectivity index (χ3n) is 4.23. The summed E-state index contributed by atoms with van der Waals surface area (Å²) in [6, 6.07) is 10.4. The first kappa shape index (κ1) is 17.0. The van der Waals surface area contributed by atoms with Gasteiger partial charge in [0.2, 0.25) is 0 Å². The number of carbonyl (C=O) groups excluding carboxylic acids is 1. The van der Waals surface area contributed by atoms with E-state index >= 15 is 0 Å². The molecule has 0 unspecified atom stereocenters. The van der Waals surface area contributed by atoms with Gasteiger partial charge in [0.25, 0.3) is 5.91 Å². The van der Waals surface area contributed by atoms with Crippen molar-refractivity contribution in [2.75, 3.05) is 5.75 Å². The molecule has 3 aromatic rings.